The Kier molecular flexibility index (Phi) is 3.84. The molecule has 1 aliphatic rings. The number of alkyl halides is 2. The summed E-state index contributed by atoms with van der Waals surface area (Å²) in [5.41, 5.74) is 6.01. The van der Waals surface area contributed by atoms with Gasteiger partial charge in [-0.2, -0.15) is 13.8 Å². The second kappa shape index (κ2) is 5.57. The minimum absolute atomic E-state index is 0.00411. The number of urea groups is 1. The molecule has 20 heavy (non-hydrogen) atoms. The van der Waals surface area contributed by atoms with Crippen LogP contribution in [0.2, 0.25) is 0 Å². The molecule has 2 N–H and O–H groups in total. The van der Waals surface area contributed by atoms with E-state index in [0.29, 0.717) is 5.56 Å². The average Bonchev–Trinajstić information content (AvgIpc) is 2.65. The molecule has 1 heterocycles. The summed E-state index contributed by atoms with van der Waals surface area (Å²) in [6.45, 7) is -3.01. The Balaban J connectivity index is 2.42. The molecular formula is C13H11F2N3O2. The molecule has 2 rings (SSSR count). The fourth-order valence-corrected chi connectivity index (χ4v) is 2.00. The monoisotopic (exact) mass is 279 g/mol. The minimum atomic E-state index is -2.98. The van der Waals surface area contributed by atoms with Gasteiger partial charge in [0.05, 0.1) is 6.54 Å². The molecule has 7 heteroatoms. The van der Waals surface area contributed by atoms with E-state index in [1.807, 2.05) is 0 Å². The maximum Gasteiger partial charge on any atom is 0.387 e. The van der Waals surface area contributed by atoms with Crippen LogP contribution in [-0.4, -0.2) is 29.9 Å². The Morgan fingerprint density at radius 2 is 2.20 bits per heavy atom. The highest BCUT2D eigenvalue weighted by atomic mass is 19.3. The van der Waals surface area contributed by atoms with Crippen molar-refractivity contribution in [2.45, 2.75) is 12.7 Å². The zero-order valence-electron chi connectivity index (χ0n) is 10.3. The second-order valence-electron chi connectivity index (χ2n) is 3.97. The number of amides is 2. The first kappa shape index (κ1) is 13.8. The molecule has 0 radical (unpaired) electrons. The van der Waals surface area contributed by atoms with E-state index in [9.17, 15) is 13.6 Å². The second-order valence-corrected chi connectivity index (χ2v) is 3.97. The van der Waals surface area contributed by atoms with Crippen LogP contribution in [0.3, 0.4) is 0 Å². The van der Waals surface area contributed by atoms with E-state index in [1.165, 1.54) is 23.1 Å². The van der Waals surface area contributed by atoms with Crippen LogP contribution in [0.5, 0.6) is 5.75 Å². The summed E-state index contributed by atoms with van der Waals surface area (Å²) in [4.78, 5) is 16.5. The van der Waals surface area contributed by atoms with Crippen LogP contribution in [0.15, 0.2) is 29.3 Å². The lowest BCUT2D eigenvalue weighted by molar-refractivity contribution is -0.0507. The number of nitrogens with zero attached hydrogens (tertiary/aromatic N) is 2. The average molecular weight is 279 g/mol. The summed E-state index contributed by atoms with van der Waals surface area (Å²) in [5, 5.41) is 0. The summed E-state index contributed by atoms with van der Waals surface area (Å²) < 4.78 is 29.3. The molecule has 0 bridgehead atoms. The molecule has 5 nitrogen and oxygen atoms in total. The zero-order chi connectivity index (χ0) is 14.7. The van der Waals surface area contributed by atoms with E-state index in [-0.39, 0.29) is 18.1 Å². The van der Waals surface area contributed by atoms with Crippen molar-refractivity contribution in [3.05, 3.63) is 29.8 Å². The number of ether oxygens (including phenoxy) is 1. The molecule has 0 aliphatic carbocycles. The number of hydrogen-bond acceptors (Lipinski definition) is 3. The summed E-state index contributed by atoms with van der Waals surface area (Å²) in [5.74, 6) is 2.24. The van der Waals surface area contributed by atoms with Crippen LogP contribution in [0, 0.1) is 12.3 Å². The smallest absolute Gasteiger partial charge is 0.387 e. The van der Waals surface area contributed by atoms with Crippen molar-refractivity contribution in [1.29, 1.82) is 0 Å². The number of halogens is 2. The normalized spacial score (nSPS) is 18.1. The number of nitrogens with two attached hydrogens (primary N) is 1. The van der Waals surface area contributed by atoms with Crippen molar-refractivity contribution in [2.75, 3.05) is 6.54 Å². The number of hydrogen-bond donors (Lipinski definition) is 1. The maximum atomic E-state index is 12.4. The van der Waals surface area contributed by atoms with Gasteiger partial charge in [-0.25, -0.2) is 4.79 Å². The molecule has 0 saturated carbocycles. The standard InChI is InChI=1S/C13H11F2N3O2/c1-2-7-18-10(11(16)17-13(18)19)8-5-3-4-6-9(8)20-12(14)15/h1,3-6,10,12H,7H2,(H2,16,17,19). The van der Waals surface area contributed by atoms with Gasteiger partial charge in [0.15, 0.2) is 0 Å². The number of carbonyl (C=O) groups is 1. The molecule has 1 aromatic rings. The van der Waals surface area contributed by atoms with Crippen LogP contribution in [0.4, 0.5) is 13.6 Å². The summed E-state index contributed by atoms with van der Waals surface area (Å²) in [6, 6.07) is 4.67. The molecule has 1 unspecified atom stereocenters. The van der Waals surface area contributed by atoms with E-state index in [2.05, 4.69) is 15.6 Å². The topological polar surface area (TPSA) is 67.9 Å². The first-order chi connectivity index (χ1) is 9.54. The number of rotatable bonds is 4. The third kappa shape index (κ3) is 2.54. The predicted octanol–water partition coefficient (Wildman–Crippen LogP) is 1.76. The SMILES string of the molecule is C#CCN1C(=O)N=C(N)C1c1ccccc1OC(F)F. The van der Waals surface area contributed by atoms with E-state index < -0.39 is 18.7 Å². The quantitative estimate of drug-likeness (QED) is 0.854. The van der Waals surface area contributed by atoms with Crippen molar-refractivity contribution in [3.63, 3.8) is 0 Å². The lowest BCUT2D eigenvalue weighted by Crippen LogP contribution is -2.34. The van der Waals surface area contributed by atoms with Gasteiger partial charge in [0.1, 0.15) is 17.6 Å². The number of benzene rings is 1. The number of terminal acetylenes is 1. The molecule has 0 spiro atoms. The van der Waals surface area contributed by atoms with Crippen molar-refractivity contribution < 1.29 is 18.3 Å². The Hall–Kier alpha value is -2.62. The molecule has 0 saturated heterocycles. The van der Waals surface area contributed by atoms with Crippen LogP contribution in [-0.2, 0) is 0 Å². The van der Waals surface area contributed by atoms with Crippen molar-refractivity contribution >= 4 is 11.9 Å². The lowest BCUT2D eigenvalue weighted by atomic mass is 10.0. The third-order valence-electron chi connectivity index (χ3n) is 2.75. The molecular weight excluding hydrogens is 268 g/mol. The zero-order valence-corrected chi connectivity index (χ0v) is 10.3. The Morgan fingerprint density at radius 1 is 1.50 bits per heavy atom. The van der Waals surface area contributed by atoms with Gasteiger partial charge in [0, 0.05) is 5.56 Å². The largest absolute Gasteiger partial charge is 0.434 e. The number of amidine groups is 1. The van der Waals surface area contributed by atoms with Gasteiger partial charge in [-0.3, -0.25) is 4.90 Å². The molecule has 2 amide bonds. The molecule has 0 aromatic heterocycles. The van der Waals surface area contributed by atoms with Crippen molar-refractivity contribution in [3.8, 4) is 18.1 Å². The Bertz CT molecular complexity index is 596. The molecule has 0 fully saturated rings. The highest BCUT2D eigenvalue weighted by Gasteiger charge is 2.36. The number of aliphatic imine (C=N–C) groups is 1. The van der Waals surface area contributed by atoms with Crippen LogP contribution >= 0.6 is 0 Å². The lowest BCUT2D eigenvalue weighted by Gasteiger charge is -2.24. The molecule has 1 aromatic carbocycles. The summed E-state index contributed by atoms with van der Waals surface area (Å²) >= 11 is 0. The van der Waals surface area contributed by atoms with Gasteiger partial charge in [0.2, 0.25) is 0 Å². The highest BCUT2D eigenvalue weighted by molar-refractivity contribution is 6.03. The van der Waals surface area contributed by atoms with E-state index >= 15 is 0 Å². The van der Waals surface area contributed by atoms with Gasteiger partial charge in [-0.15, -0.1) is 6.42 Å². The van der Waals surface area contributed by atoms with Gasteiger partial charge >= 0.3 is 12.6 Å². The van der Waals surface area contributed by atoms with Crippen LogP contribution < -0.4 is 10.5 Å². The first-order valence-electron chi connectivity index (χ1n) is 5.66. The van der Waals surface area contributed by atoms with Gasteiger partial charge in [-0.1, -0.05) is 24.1 Å². The molecule has 1 aliphatic heterocycles. The number of para-hydroxylation sites is 1. The Labute approximate surface area is 114 Å². The predicted molar refractivity (Wildman–Crippen MR) is 68.4 cm³/mol. The highest BCUT2D eigenvalue weighted by Crippen LogP contribution is 2.33. The van der Waals surface area contributed by atoms with E-state index in [1.54, 1.807) is 6.07 Å². The van der Waals surface area contributed by atoms with Crippen molar-refractivity contribution in [1.82, 2.24) is 4.90 Å². The fourth-order valence-electron chi connectivity index (χ4n) is 2.00. The summed E-state index contributed by atoms with van der Waals surface area (Å²) in [7, 11) is 0. The van der Waals surface area contributed by atoms with Gasteiger partial charge in [-0.05, 0) is 6.07 Å². The number of carbonyl (C=O) groups excluding carboxylic acids is 1. The molecule has 1 atom stereocenters. The van der Waals surface area contributed by atoms with E-state index in [4.69, 9.17) is 12.2 Å². The molecule has 104 valence electrons. The van der Waals surface area contributed by atoms with Crippen molar-refractivity contribution in [2.24, 2.45) is 10.7 Å². The first-order valence-corrected chi connectivity index (χ1v) is 5.66. The van der Waals surface area contributed by atoms with Crippen LogP contribution in [0.25, 0.3) is 0 Å². The fraction of sp³-hybridized carbons (Fsp3) is 0.231. The van der Waals surface area contributed by atoms with Gasteiger partial charge < -0.3 is 10.5 Å². The van der Waals surface area contributed by atoms with E-state index in [0.717, 1.165) is 0 Å². The maximum absolute atomic E-state index is 12.4. The van der Waals surface area contributed by atoms with Gasteiger partial charge in [0.25, 0.3) is 0 Å². The Morgan fingerprint density at radius 3 is 2.85 bits per heavy atom. The minimum Gasteiger partial charge on any atom is -0.434 e. The van der Waals surface area contributed by atoms with Crippen LogP contribution in [0.1, 0.15) is 11.6 Å². The third-order valence-corrected chi connectivity index (χ3v) is 2.75. The summed E-state index contributed by atoms with van der Waals surface area (Å²) in [6.07, 6.45) is 5.19.